The number of methoxy groups -OCH3 is 1. The molecule has 0 spiro atoms. The van der Waals surface area contributed by atoms with Crippen molar-refractivity contribution in [1.82, 2.24) is 14.7 Å². The van der Waals surface area contributed by atoms with E-state index >= 15 is 0 Å². The smallest absolute Gasteiger partial charge is 0.458 e. The fraction of sp³-hybridized carbons (Fsp3) is 0.867. The molecule has 14 heteroatoms. The highest BCUT2D eigenvalue weighted by atomic mass is 19.4. The molecule has 2 aliphatic carbocycles. The van der Waals surface area contributed by atoms with Crippen molar-refractivity contribution >= 4 is 23.9 Å². The van der Waals surface area contributed by atoms with Gasteiger partial charge in [0.05, 0.1) is 31.5 Å². The van der Waals surface area contributed by atoms with Gasteiger partial charge in [-0.25, -0.2) is 4.79 Å². The Morgan fingerprint density at radius 2 is 1.70 bits per heavy atom. The lowest BCUT2D eigenvalue weighted by Gasteiger charge is -2.54. The Kier molecular flexibility index (Phi) is 8.30. The number of carbonyl (C=O) groups is 4. The summed E-state index contributed by atoms with van der Waals surface area (Å²) in [5, 5.41) is 0. The van der Waals surface area contributed by atoms with Gasteiger partial charge >= 0.3 is 24.1 Å². The largest absolute Gasteiger partial charge is 0.471 e. The number of ether oxygens (including phenoxy) is 4. The number of amides is 3. The quantitative estimate of drug-likeness (QED) is 0.410. The summed E-state index contributed by atoms with van der Waals surface area (Å²) in [5.74, 6) is -2.92. The van der Waals surface area contributed by atoms with Crippen LogP contribution in [0.25, 0.3) is 0 Å². The Bertz CT molecular complexity index is 1180. The maximum Gasteiger partial charge on any atom is 0.471 e. The first kappa shape index (κ1) is 31.4. The molecule has 6 atom stereocenters. The third-order valence-electron chi connectivity index (χ3n) is 10.1. The second-order valence-electron chi connectivity index (χ2n) is 13.9. The van der Waals surface area contributed by atoms with Crippen molar-refractivity contribution in [1.29, 1.82) is 0 Å². The van der Waals surface area contributed by atoms with Crippen LogP contribution in [0.15, 0.2) is 0 Å². The highest BCUT2D eigenvalue weighted by Crippen LogP contribution is 2.60. The molecule has 0 aromatic heterocycles. The van der Waals surface area contributed by atoms with Crippen LogP contribution < -0.4 is 0 Å². The molecule has 5 aliphatic rings. The lowest BCUT2D eigenvalue weighted by Crippen LogP contribution is -2.65. The first-order valence-electron chi connectivity index (χ1n) is 16.1. The van der Waals surface area contributed by atoms with Crippen molar-refractivity contribution in [3.8, 4) is 0 Å². The maximum atomic E-state index is 14.8. The van der Waals surface area contributed by atoms with Crippen LogP contribution in [0.3, 0.4) is 0 Å². The lowest BCUT2D eigenvalue weighted by atomic mass is 9.59. The van der Waals surface area contributed by atoms with Crippen molar-refractivity contribution in [2.45, 2.75) is 127 Å². The average molecular weight is 633 g/mol. The zero-order chi connectivity index (χ0) is 32.9. The van der Waals surface area contributed by atoms with E-state index in [4.69, 9.17) is 20.3 Å². The second-order valence-corrected chi connectivity index (χ2v) is 13.9. The van der Waals surface area contributed by atoms with Crippen molar-refractivity contribution in [3.63, 3.8) is 0 Å². The van der Waals surface area contributed by atoms with Crippen molar-refractivity contribution in [2.24, 2.45) is 5.41 Å². The van der Waals surface area contributed by atoms with Crippen molar-refractivity contribution in [2.75, 3.05) is 33.4 Å². The molecule has 3 saturated heterocycles. The maximum absolute atomic E-state index is 14.8. The van der Waals surface area contributed by atoms with E-state index in [-0.39, 0.29) is 70.0 Å². The van der Waals surface area contributed by atoms with Gasteiger partial charge in [0.15, 0.2) is 0 Å². The topological polar surface area (TPSA) is 115 Å². The number of alkyl halides is 3. The molecule has 3 amide bonds. The second kappa shape index (κ2) is 11.6. The number of halogens is 3. The minimum absolute atomic E-state index is 0.0651. The summed E-state index contributed by atoms with van der Waals surface area (Å²) in [4.78, 5) is 57.2. The summed E-state index contributed by atoms with van der Waals surface area (Å²) in [7, 11) is -0.515. The number of likely N-dealkylation sites (tertiary alicyclic amines) is 2. The third kappa shape index (κ3) is 5.76. The van der Waals surface area contributed by atoms with Gasteiger partial charge in [0.2, 0.25) is 5.91 Å². The van der Waals surface area contributed by atoms with Gasteiger partial charge in [0.1, 0.15) is 17.3 Å². The van der Waals surface area contributed by atoms with E-state index in [1.807, 2.05) is 0 Å². The Morgan fingerprint density at radius 1 is 1.02 bits per heavy atom. The molecule has 5 fully saturated rings. The molecule has 44 heavy (non-hydrogen) atoms. The van der Waals surface area contributed by atoms with E-state index in [0.717, 1.165) is 4.90 Å². The number of hydrogen-bond acceptors (Lipinski definition) is 8. The summed E-state index contributed by atoms with van der Waals surface area (Å²) < 4.78 is 72.2. The summed E-state index contributed by atoms with van der Waals surface area (Å²) in [6.07, 6.45) is -4.42. The highest BCUT2D eigenvalue weighted by molar-refractivity contribution is 5.87. The first-order chi connectivity index (χ1) is 21.0. The van der Waals surface area contributed by atoms with Crippen LogP contribution in [0.5, 0.6) is 0 Å². The molecular weight excluding hydrogens is 587 g/mol. The van der Waals surface area contributed by atoms with Crippen LogP contribution in [-0.4, -0.2) is 120 Å². The fourth-order valence-corrected chi connectivity index (χ4v) is 8.16. The number of rotatable bonds is 6. The van der Waals surface area contributed by atoms with Crippen LogP contribution in [-0.2, 0) is 33.3 Å². The SMILES string of the molecule is [2H]CO[C@@H]1COCC[C@@H]1N(C(=O)C(F)(F)F)[C@@H]1CC[C@@](C(=O)N2C[C@@H]3C[C@H]2CN3C(=O)OC(C)(C)C)(C2(OC(C)=O)CCC2)C1. The van der Waals surface area contributed by atoms with E-state index in [9.17, 15) is 32.3 Å². The normalized spacial score (nSPS) is 33.4. The van der Waals surface area contributed by atoms with Crippen LogP contribution in [0.1, 0.15) is 80.4 Å². The molecule has 11 nitrogen and oxygen atoms in total. The van der Waals surface area contributed by atoms with Crippen LogP contribution in [0.2, 0.25) is 0 Å². The number of hydrogen-bond donors (Lipinski definition) is 0. The third-order valence-corrected chi connectivity index (χ3v) is 10.1. The minimum Gasteiger partial charge on any atom is -0.458 e. The van der Waals surface area contributed by atoms with Crippen LogP contribution in [0.4, 0.5) is 18.0 Å². The van der Waals surface area contributed by atoms with Gasteiger partial charge in [0, 0.05) is 39.7 Å². The Morgan fingerprint density at radius 3 is 2.25 bits per heavy atom. The lowest BCUT2D eigenvalue weighted by molar-refractivity contribution is -0.206. The predicted octanol–water partition coefficient (Wildman–Crippen LogP) is 3.43. The standard InChI is InChI=1S/C30H44F3N3O8/c1-18(37)43-29(9-6-10-29)28(24(38)34-15-21-13-20(34)16-35(21)26(40)44-27(2,3)4)11-7-19(14-28)36(25(39)30(31,32)33)22-8-12-42-17-23(22)41-5/h19-23H,6-17H2,1-5H3/t19-,20+,21+,22+,23-,28-/m1/s1/i5D. The van der Waals surface area contributed by atoms with E-state index in [0.29, 0.717) is 25.7 Å². The monoisotopic (exact) mass is 632 g/mol. The zero-order valence-electron chi connectivity index (χ0n) is 26.8. The molecule has 3 aliphatic heterocycles. The predicted molar refractivity (Wildman–Crippen MR) is 148 cm³/mol. The molecule has 2 saturated carbocycles. The zero-order valence-corrected chi connectivity index (χ0v) is 25.8. The molecule has 0 aromatic rings. The number of esters is 1. The summed E-state index contributed by atoms with van der Waals surface area (Å²) in [6.45, 7) is 7.12. The number of carbonyl (C=O) groups excluding carboxylic acids is 4. The van der Waals surface area contributed by atoms with Gasteiger partial charge in [-0.1, -0.05) is 0 Å². The van der Waals surface area contributed by atoms with Gasteiger partial charge < -0.3 is 33.6 Å². The van der Waals surface area contributed by atoms with Crippen LogP contribution in [0, 0.1) is 5.41 Å². The Labute approximate surface area is 257 Å². The fourth-order valence-electron chi connectivity index (χ4n) is 8.16. The van der Waals surface area contributed by atoms with Gasteiger partial charge in [-0.05, 0) is 72.1 Å². The van der Waals surface area contributed by atoms with Crippen LogP contribution >= 0.6 is 0 Å². The summed E-state index contributed by atoms with van der Waals surface area (Å²) >= 11 is 0. The summed E-state index contributed by atoms with van der Waals surface area (Å²) in [6, 6.07) is -2.60. The van der Waals surface area contributed by atoms with Gasteiger partial charge in [0.25, 0.3) is 0 Å². The Balaban J connectivity index is 1.46. The average Bonchev–Trinajstić information content (AvgIpc) is 3.66. The van der Waals surface area contributed by atoms with Crippen molar-refractivity contribution in [3.05, 3.63) is 0 Å². The van der Waals surface area contributed by atoms with E-state index < -0.39 is 66.0 Å². The number of piperazine rings is 1. The van der Waals surface area contributed by atoms with E-state index in [1.54, 1.807) is 30.6 Å². The molecule has 248 valence electrons. The van der Waals surface area contributed by atoms with Gasteiger partial charge in [-0.3, -0.25) is 14.4 Å². The molecule has 0 unspecified atom stereocenters. The highest BCUT2D eigenvalue weighted by Gasteiger charge is 2.68. The first-order valence-corrected chi connectivity index (χ1v) is 15.4. The Hall–Kier alpha value is -2.61. The summed E-state index contributed by atoms with van der Waals surface area (Å²) in [5.41, 5.74) is -3.26. The molecule has 2 bridgehead atoms. The molecular formula is C30H44F3N3O8. The van der Waals surface area contributed by atoms with E-state index in [2.05, 4.69) is 0 Å². The van der Waals surface area contributed by atoms with Gasteiger partial charge in [-0.2, -0.15) is 13.2 Å². The van der Waals surface area contributed by atoms with E-state index in [1.165, 1.54) is 6.92 Å². The molecule has 0 radical (unpaired) electrons. The van der Waals surface area contributed by atoms with Gasteiger partial charge in [-0.15, -0.1) is 0 Å². The molecule has 5 rings (SSSR count). The molecule has 3 heterocycles. The number of fused-ring (bicyclic) bond motifs is 2. The number of nitrogens with zero attached hydrogens (tertiary/aromatic N) is 3. The van der Waals surface area contributed by atoms with Crippen molar-refractivity contribution < 1.29 is 52.7 Å². The molecule has 0 aromatic carbocycles. The minimum atomic E-state index is -5.18. The molecule has 0 N–H and O–H groups in total.